The number of carboxylic acids is 1. The minimum Gasteiger partial charge on any atom is -0.481 e. The third-order valence-electron chi connectivity index (χ3n) is 7.21. The van der Waals surface area contributed by atoms with Gasteiger partial charge in [-0.3, -0.25) is 9.69 Å². The number of likely N-dealkylation sites (tertiary alicyclic amines) is 1. The molecule has 0 bridgehead atoms. The average Bonchev–Trinajstić information content (AvgIpc) is 2.85. The van der Waals surface area contributed by atoms with E-state index in [2.05, 4.69) is 33.0 Å². The molecule has 2 aliphatic rings. The molecule has 6 nitrogen and oxygen atoms in total. The van der Waals surface area contributed by atoms with Gasteiger partial charge in [0.1, 0.15) is 12.1 Å². The zero-order valence-corrected chi connectivity index (χ0v) is 19.6. The largest absolute Gasteiger partial charge is 0.481 e. The van der Waals surface area contributed by atoms with Crippen molar-refractivity contribution in [1.82, 2.24) is 14.9 Å². The number of halogens is 1. The molecule has 0 amide bonds. The molecule has 172 valence electrons. The SMILES string of the molecule is Cc1ccc(-c2cccc3ncnc(N4CCC(N5CCCC(C(=O)O)C5)CC4)c23)cc1Cl. The highest BCUT2D eigenvalue weighted by Crippen LogP contribution is 2.36. The smallest absolute Gasteiger partial charge is 0.307 e. The molecule has 1 aromatic heterocycles. The fraction of sp³-hybridized carbons (Fsp3) is 0.423. The fourth-order valence-electron chi connectivity index (χ4n) is 5.32. The Bertz CT molecular complexity index is 1170. The van der Waals surface area contributed by atoms with Crippen LogP contribution in [0.1, 0.15) is 31.2 Å². The summed E-state index contributed by atoms with van der Waals surface area (Å²) in [5.41, 5.74) is 4.14. The molecule has 2 fully saturated rings. The Morgan fingerprint density at radius 1 is 1.09 bits per heavy atom. The first-order chi connectivity index (χ1) is 16.0. The molecule has 0 radical (unpaired) electrons. The van der Waals surface area contributed by atoms with E-state index in [9.17, 15) is 9.90 Å². The van der Waals surface area contributed by atoms with Gasteiger partial charge in [0.2, 0.25) is 0 Å². The lowest BCUT2D eigenvalue weighted by Crippen LogP contribution is -2.49. The van der Waals surface area contributed by atoms with Gasteiger partial charge in [0.15, 0.2) is 0 Å². The highest BCUT2D eigenvalue weighted by Gasteiger charge is 2.32. The number of aromatic nitrogens is 2. The highest BCUT2D eigenvalue weighted by molar-refractivity contribution is 6.31. The van der Waals surface area contributed by atoms with E-state index >= 15 is 0 Å². The Morgan fingerprint density at radius 2 is 1.91 bits per heavy atom. The summed E-state index contributed by atoms with van der Waals surface area (Å²) in [6.07, 6.45) is 5.43. The fourth-order valence-corrected chi connectivity index (χ4v) is 5.50. The summed E-state index contributed by atoms with van der Waals surface area (Å²) in [5, 5.41) is 11.3. The quantitative estimate of drug-likeness (QED) is 0.584. The number of piperidine rings is 2. The van der Waals surface area contributed by atoms with Crippen molar-refractivity contribution in [2.45, 2.75) is 38.6 Å². The van der Waals surface area contributed by atoms with Crippen molar-refractivity contribution in [3.63, 3.8) is 0 Å². The maximum atomic E-state index is 11.5. The van der Waals surface area contributed by atoms with Crippen LogP contribution in [-0.4, -0.2) is 58.2 Å². The minimum atomic E-state index is -0.659. The maximum absolute atomic E-state index is 11.5. The van der Waals surface area contributed by atoms with Gasteiger partial charge in [-0.25, -0.2) is 9.97 Å². The molecule has 33 heavy (non-hydrogen) atoms. The molecule has 1 unspecified atom stereocenters. The molecule has 2 aromatic carbocycles. The van der Waals surface area contributed by atoms with E-state index < -0.39 is 5.97 Å². The van der Waals surface area contributed by atoms with Crippen molar-refractivity contribution in [1.29, 1.82) is 0 Å². The van der Waals surface area contributed by atoms with E-state index in [1.165, 1.54) is 0 Å². The number of nitrogens with zero attached hydrogens (tertiary/aromatic N) is 4. The van der Waals surface area contributed by atoms with E-state index in [0.717, 1.165) is 83.8 Å². The number of benzene rings is 2. The van der Waals surface area contributed by atoms with Crippen LogP contribution in [0, 0.1) is 12.8 Å². The van der Waals surface area contributed by atoms with Crippen LogP contribution in [0.2, 0.25) is 5.02 Å². The number of aryl methyl sites for hydroxylation is 1. The van der Waals surface area contributed by atoms with Crippen molar-refractivity contribution < 1.29 is 9.90 Å². The summed E-state index contributed by atoms with van der Waals surface area (Å²) in [6, 6.07) is 12.8. The van der Waals surface area contributed by atoms with Crippen molar-refractivity contribution in [3.05, 3.63) is 53.3 Å². The predicted molar refractivity (Wildman–Crippen MR) is 132 cm³/mol. The Hall–Kier alpha value is -2.70. The Morgan fingerprint density at radius 3 is 2.67 bits per heavy atom. The number of hydrogen-bond donors (Lipinski definition) is 1. The molecular formula is C26H29ClN4O2. The highest BCUT2D eigenvalue weighted by atomic mass is 35.5. The number of carboxylic acid groups (broad SMARTS) is 1. The van der Waals surface area contributed by atoms with Crippen LogP contribution in [0.4, 0.5) is 5.82 Å². The van der Waals surface area contributed by atoms with E-state index in [-0.39, 0.29) is 5.92 Å². The summed E-state index contributed by atoms with van der Waals surface area (Å²) < 4.78 is 0. The molecular weight excluding hydrogens is 436 g/mol. The van der Waals surface area contributed by atoms with Crippen molar-refractivity contribution in [3.8, 4) is 11.1 Å². The van der Waals surface area contributed by atoms with Gasteiger partial charge in [-0.05, 0) is 68.0 Å². The normalized spacial score (nSPS) is 20.3. The lowest BCUT2D eigenvalue weighted by Gasteiger charge is -2.42. The molecule has 2 saturated heterocycles. The summed E-state index contributed by atoms with van der Waals surface area (Å²) in [4.78, 5) is 25.5. The molecule has 3 heterocycles. The summed E-state index contributed by atoms with van der Waals surface area (Å²) in [5.74, 6) is 0.0765. The summed E-state index contributed by atoms with van der Waals surface area (Å²) in [6.45, 7) is 5.48. The third kappa shape index (κ3) is 4.42. The maximum Gasteiger partial charge on any atom is 0.307 e. The minimum absolute atomic E-state index is 0.230. The number of fused-ring (bicyclic) bond motifs is 1. The molecule has 0 spiro atoms. The second-order valence-corrected chi connectivity index (χ2v) is 9.66. The third-order valence-corrected chi connectivity index (χ3v) is 7.62. The predicted octanol–water partition coefficient (Wildman–Crippen LogP) is 5.02. The van der Waals surface area contributed by atoms with Gasteiger partial charge in [-0.2, -0.15) is 0 Å². The first kappa shape index (κ1) is 22.1. The summed E-state index contributed by atoms with van der Waals surface area (Å²) >= 11 is 6.44. The van der Waals surface area contributed by atoms with Gasteiger partial charge < -0.3 is 10.0 Å². The second-order valence-electron chi connectivity index (χ2n) is 9.25. The molecule has 5 rings (SSSR count). The van der Waals surface area contributed by atoms with Crippen LogP contribution in [0.5, 0.6) is 0 Å². The zero-order valence-electron chi connectivity index (χ0n) is 18.9. The molecule has 7 heteroatoms. The number of aliphatic carboxylic acids is 1. The standard InChI is InChI=1S/C26H29ClN4O2/c1-17-7-8-18(14-22(17)27)21-5-2-6-23-24(21)25(29-16-28-23)30-12-9-20(10-13-30)31-11-3-4-19(15-31)26(32)33/h2,5-8,14,16,19-20H,3-4,9-13,15H2,1H3,(H,32,33). The summed E-state index contributed by atoms with van der Waals surface area (Å²) in [7, 11) is 0. The number of rotatable bonds is 4. The van der Waals surface area contributed by atoms with Gasteiger partial charge in [0.05, 0.1) is 16.8 Å². The second kappa shape index (κ2) is 9.27. The zero-order chi connectivity index (χ0) is 22.9. The van der Waals surface area contributed by atoms with E-state index in [1.807, 2.05) is 25.1 Å². The Kier molecular flexibility index (Phi) is 6.21. The Labute approximate surface area is 199 Å². The number of hydrogen-bond acceptors (Lipinski definition) is 5. The first-order valence-electron chi connectivity index (χ1n) is 11.7. The van der Waals surface area contributed by atoms with Gasteiger partial charge in [-0.15, -0.1) is 0 Å². The van der Waals surface area contributed by atoms with Crippen molar-refractivity contribution >= 4 is 34.3 Å². The molecule has 2 aliphatic heterocycles. The van der Waals surface area contributed by atoms with Crippen LogP contribution in [0.15, 0.2) is 42.7 Å². The van der Waals surface area contributed by atoms with Crippen LogP contribution in [0.25, 0.3) is 22.0 Å². The van der Waals surface area contributed by atoms with E-state index in [4.69, 9.17) is 16.6 Å². The Balaban J connectivity index is 1.41. The van der Waals surface area contributed by atoms with Crippen LogP contribution in [-0.2, 0) is 4.79 Å². The van der Waals surface area contributed by atoms with Crippen LogP contribution in [0.3, 0.4) is 0 Å². The monoisotopic (exact) mass is 464 g/mol. The topological polar surface area (TPSA) is 69.6 Å². The molecule has 0 aliphatic carbocycles. The van der Waals surface area contributed by atoms with E-state index in [1.54, 1.807) is 6.33 Å². The molecule has 0 saturated carbocycles. The molecule has 3 aromatic rings. The molecule has 1 N–H and O–H groups in total. The van der Waals surface area contributed by atoms with Gasteiger partial charge >= 0.3 is 5.97 Å². The van der Waals surface area contributed by atoms with Gasteiger partial charge in [0, 0.05) is 30.7 Å². The van der Waals surface area contributed by atoms with Gasteiger partial charge in [-0.1, -0.05) is 35.9 Å². The van der Waals surface area contributed by atoms with Crippen molar-refractivity contribution in [2.75, 3.05) is 31.1 Å². The lowest BCUT2D eigenvalue weighted by molar-refractivity contribution is -0.144. The number of carbonyl (C=O) groups is 1. The van der Waals surface area contributed by atoms with Gasteiger partial charge in [0.25, 0.3) is 0 Å². The van der Waals surface area contributed by atoms with Crippen LogP contribution >= 0.6 is 11.6 Å². The van der Waals surface area contributed by atoms with E-state index in [0.29, 0.717) is 12.6 Å². The first-order valence-corrected chi connectivity index (χ1v) is 12.1. The molecule has 1 atom stereocenters. The lowest BCUT2D eigenvalue weighted by atomic mass is 9.93. The van der Waals surface area contributed by atoms with Crippen molar-refractivity contribution in [2.24, 2.45) is 5.92 Å². The van der Waals surface area contributed by atoms with Crippen LogP contribution < -0.4 is 4.90 Å². The average molecular weight is 465 g/mol. The number of anilines is 1.